The van der Waals surface area contributed by atoms with E-state index in [0.29, 0.717) is 13.2 Å². The van der Waals surface area contributed by atoms with Crippen molar-refractivity contribution in [1.29, 1.82) is 0 Å². The van der Waals surface area contributed by atoms with E-state index in [0.717, 1.165) is 31.7 Å². The minimum atomic E-state index is 0.609. The molecule has 1 N–H and O–H groups in total. The van der Waals surface area contributed by atoms with Gasteiger partial charge in [-0.15, -0.1) is 0 Å². The number of hydrogen-bond acceptors (Lipinski definition) is 3. The van der Waals surface area contributed by atoms with Crippen LogP contribution in [0.15, 0.2) is 45.3 Å². The number of anilines is 1. The highest BCUT2D eigenvalue weighted by atomic mass is 79.9. The summed E-state index contributed by atoms with van der Waals surface area (Å²) in [6.45, 7) is 3.27. The lowest BCUT2D eigenvalue weighted by atomic mass is 10.2. The van der Waals surface area contributed by atoms with Crippen LogP contribution < -0.4 is 14.8 Å². The predicted octanol–water partition coefficient (Wildman–Crippen LogP) is 5.23. The van der Waals surface area contributed by atoms with Gasteiger partial charge in [0.2, 0.25) is 0 Å². The first kappa shape index (κ1) is 16.2. The van der Waals surface area contributed by atoms with Gasteiger partial charge in [0, 0.05) is 21.2 Å². The quantitative estimate of drug-likeness (QED) is 0.701. The van der Waals surface area contributed by atoms with E-state index in [1.807, 2.05) is 43.3 Å². The lowest BCUT2D eigenvalue weighted by molar-refractivity contribution is 0.310. The Bertz CT molecular complexity index is 600. The Morgan fingerprint density at radius 1 is 1.05 bits per heavy atom. The van der Waals surface area contributed by atoms with Crippen LogP contribution in [0.2, 0.25) is 0 Å². The van der Waals surface area contributed by atoms with Gasteiger partial charge in [-0.25, -0.2) is 0 Å². The molecule has 0 aliphatic heterocycles. The van der Waals surface area contributed by atoms with Crippen molar-refractivity contribution in [2.45, 2.75) is 13.5 Å². The lowest BCUT2D eigenvalue weighted by Gasteiger charge is -2.14. The number of ether oxygens (including phenoxy) is 2. The zero-order valence-electron chi connectivity index (χ0n) is 12.0. The van der Waals surface area contributed by atoms with Crippen LogP contribution in [0.3, 0.4) is 0 Å². The van der Waals surface area contributed by atoms with E-state index in [1.54, 1.807) is 7.11 Å². The molecular formula is C16H17Br2NO2. The molecule has 112 valence electrons. The Hall–Kier alpha value is -1.20. The molecule has 21 heavy (non-hydrogen) atoms. The van der Waals surface area contributed by atoms with Crippen LogP contribution in [0.4, 0.5) is 5.69 Å². The Morgan fingerprint density at radius 2 is 1.76 bits per heavy atom. The standard InChI is InChI=1S/C16H17Br2NO2/c1-3-21-16-8-11(14(18)9-15(16)20-2)10-19-13-6-4-12(17)5-7-13/h4-9,19H,3,10H2,1-2H3. The van der Waals surface area contributed by atoms with Crippen molar-refractivity contribution in [3.63, 3.8) is 0 Å². The molecule has 3 nitrogen and oxygen atoms in total. The van der Waals surface area contributed by atoms with Crippen LogP contribution in [0.25, 0.3) is 0 Å². The highest BCUT2D eigenvalue weighted by Gasteiger charge is 2.10. The maximum atomic E-state index is 5.61. The molecule has 2 rings (SSSR count). The molecule has 0 saturated carbocycles. The fourth-order valence-electron chi connectivity index (χ4n) is 1.91. The monoisotopic (exact) mass is 413 g/mol. The highest BCUT2D eigenvalue weighted by Crippen LogP contribution is 2.34. The molecule has 0 aliphatic rings. The lowest BCUT2D eigenvalue weighted by Crippen LogP contribution is -2.02. The van der Waals surface area contributed by atoms with E-state index in [9.17, 15) is 0 Å². The van der Waals surface area contributed by atoms with Gasteiger partial charge in [-0.1, -0.05) is 31.9 Å². The second-order valence-electron chi connectivity index (χ2n) is 4.39. The smallest absolute Gasteiger partial charge is 0.161 e. The summed E-state index contributed by atoms with van der Waals surface area (Å²) in [5, 5.41) is 3.39. The summed E-state index contributed by atoms with van der Waals surface area (Å²) >= 11 is 7.01. The van der Waals surface area contributed by atoms with Gasteiger partial charge in [-0.05, 0) is 48.9 Å². The van der Waals surface area contributed by atoms with Crippen LogP contribution in [-0.2, 0) is 6.54 Å². The number of hydrogen-bond donors (Lipinski definition) is 1. The molecule has 0 amide bonds. The first-order valence-corrected chi connectivity index (χ1v) is 8.21. The summed E-state index contributed by atoms with van der Waals surface area (Å²) in [6, 6.07) is 12.0. The second-order valence-corrected chi connectivity index (χ2v) is 6.16. The fourth-order valence-corrected chi connectivity index (χ4v) is 2.63. The molecule has 5 heteroatoms. The highest BCUT2D eigenvalue weighted by molar-refractivity contribution is 9.10. The van der Waals surface area contributed by atoms with Gasteiger partial charge in [-0.2, -0.15) is 0 Å². The van der Waals surface area contributed by atoms with E-state index >= 15 is 0 Å². The van der Waals surface area contributed by atoms with E-state index in [1.165, 1.54) is 0 Å². The van der Waals surface area contributed by atoms with Crippen molar-refractivity contribution in [1.82, 2.24) is 0 Å². The van der Waals surface area contributed by atoms with Crippen molar-refractivity contribution in [2.24, 2.45) is 0 Å². The number of rotatable bonds is 6. The van der Waals surface area contributed by atoms with Crippen molar-refractivity contribution < 1.29 is 9.47 Å². The summed E-state index contributed by atoms with van der Waals surface area (Å²) in [7, 11) is 1.64. The van der Waals surface area contributed by atoms with Crippen LogP contribution in [0, 0.1) is 0 Å². The first-order chi connectivity index (χ1) is 10.1. The third-order valence-corrected chi connectivity index (χ3v) is 4.23. The topological polar surface area (TPSA) is 30.5 Å². The molecule has 0 bridgehead atoms. The molecule has 0 aliphatic carbocycles. The molecule has 2 aromatic rings. The van der Waals surface area contributed by atoms with Crippen molar-refractivity contribution >= 4 is 37.5 Å². The molecule has 0 atom stereocenters. The number of nitrogens with one attached hydrogen (secondary N) is 1. The molecule has 0 unspecified atom stereocenters. The second kappa shape index (κ2) is 7.71. The predicted molar refractivity (Wildman–Crippen MR) is 93.3 cm³/mol. The van der Waals surface area contributed by atoms with Crippen LogP contribution in [-0.4, -0.2) is 13.7 Å². The first-order valence-electron chi connectivity index (χ1n) is 6.62. The van der Waals surface area contributed by atoms with Gasteiger partial charge in [0.15, 0.2) is 11.5 Å². The van der Waals surface area contributed by atoms with Gasteiger partial charge in [0.05, 0.1) is 13.7 Å². The zero-order valence-corrected chi connectivity index (χ0v) is 15.1. The molecule has 0 fully saturated rings. The molecule has 0 spiro atoms. The number of halogens is 2. The van der Waals surface area contributed by atoms with Gasteiger partial charge >= 0.3 is 0 Å². The Balaban J connectivity index is 2.15. The summed E-state index contributed by atoms with van der Waals surface area (Å²) in [5.74, 6) is 1.49. The molecular weight excluding hydrogens is 398 g/mol. The van der Waals surface area contributed by atoms with Gasteiger partial charge in [0.25, 0.3) is 0 Å². The molecule has 0 radical (unpaired) electrons. The van der Waals surface area contributed by atoms with Crippen LogP contribution >= 0.6 is 31.9 Å². The third-order valence-electron chi connectivity index (χ3n) is 2.96. The largest absolute Gasteiger partial charge is 0.493 e. The van der Waals surface area contributed by atoms with E-state index in [-0.39, 0.29) is 0 Å². The van der Waals surface area contributed by atoms with Crippen molar-refractivity contribution in [2.75, 3.05) is 19.0 Å². The summed E-state index contributed by atoms with van der Waals surface area (Å²) in [4.78, 5) is 0. The normalized spacial score (nSPS) is 10.3. The fraction of sp³-hybridized carbons (Fsp3) is 0.250. The van der Waals surface area contributed by atoms with Crippen LogP contribution in [0.1, 0.15) is 12.5 Å². The Kier molecular flexibility index (Phi) is 5.94. The van der Waals surface area contributed by atoms with Gasteiger partial charge in [0.1, 0.15) is 0 Å². The average molecular weight is 415 g/mol. The Labute approximate surface area is 141 Å². The molecule has 0 saturated heterocycles. The molecule has 2 aromatic carbocycles. The summed E-state index contributed by atoms with van der Waals surface area (Å²) in [5.41, 5.74) is 2.18. The number of benzene rings is 2. The van der Waals surface area contributed by atoms with Crippen LogP contribution in [0.5, 0.6) is 11.5 Å². The van der Waals surface area contributed by atoms with Crippen molar-refractivity contribution in [3.05, 3.63) is 50.9 Å². The Morgan fingerprint density at radius 3 is 2.38 bits per heavy atom. The van der Waals surface area contributed by atoms with E-state index in [2.05, 4.69) is 37.2 Å². The molecule has 0 heterocycles. The minimum absolute atomic E-state index is 0.609. The van der Waals surface area contributed by atoms with Gasteiger partial charge in [-0.3, -0.25) is 0 Å². The number of methoxy groups -OCH3 is 1. The maximum Gasteiger partial charge on any atom is 0.161 e. The third kappa shape index (κ3) is 4.38. The molecule has 0 aromatic heterocycles. The van der Waals surface area contributed by atoms with E-state index in [4.69, 9.17) is 9.47 Å². The van der Waals surface area contributed by atoms with E-state index < -0.39 is 0 Å². The van der Waals surface area contributed by atoms with Gasteiger partial charge < -0.3 is 14.8 Å². The minimum Gasteiger partial charge on any atom is -0.493 e. The summed E-state index contributed by atoms with van der Waals surface area (Å²) in [6.07, 6.45) is 0. The average Bonchev–Trinajstić information content (AvgIpc) is 2.49. The SMILES string of the molecule is CCOc1cc(CNc2ccc(Br)cc2)c(Br)cc1OC. The van der Waals surface area contributed by atoms with Crippen molar-refractivity contribution in [3.8, 4) is 11.5 Å². The summed E-state index contributed by atoms with van der Waals surface area (Å²) < 4.78 is 13.0. The maximum absolute atomic E-state index is 5.61. The zero-order chi connectivity index (χ0) is 15.2.